The van der Waals surface area contributed by atoms with E-state index in [9.17, 15) is 4.39 Å². The highest BCUT2D eigenvalue weighted by Crippen LogP contribution is 2.32. The fourth-order valence-corrected chi connectivity index (χ4v) is 2.57. The van der Waals surface area contributed by atoms with Crippen molar-refractivity contribution in [1.82, 2.24) is 9.97 Å². The quantitative estimate of drug-likeness (QED) is 0.865. The van der Waals surface area contributed by atoms with Gasteiger partial charge in [-0.2, -0.15) is 0 Å². The van der Waals surface area contributed by atoms with Crippen LogP contribution in [0, 0.1) is 12.7 Å². The first kappa shape index (κ1) is 13.0. The molecule has 3 nitrogen and oxygen atoms in total. The summed E-state index contributed by atoms with van der Waals surface area (Å²) in [5.74, 6) is -0.236. The maximum Gasteiger partial charge on any atom is 0.192 e. The van der Waals surface area contributed by atoms with Crippen molar-refractivity contribution in [1.29, 1.82) is 0 Å². The van der Waals surface area contributed by atoms with Crippen LogP contribution in [0.4, 0.5) is 4.39 Å². The van der Waals surface area contributed by atoms with E-state index in [2.05, 4.69) is 9.97 Å². The summed E-state index contributed by atoms with van der Waals surface area (Å²) in [6.07, 6.45) is 3.36. The van der Waals surface area contributed by atoms with Gasteiger partial charge in [0.05, 0.1) is 0 Å². The first-order chi connectivity index (χ1) is 8.58. The molecule has 0 aliphatic rings. The molecule has 94 valence electrons. The van der Waals surface area contributed by atoms with Gasteiger partial charge < -0.3 is 5.73 Å². The number of hydrogen-bond acceptors (Lipinski definition) is 4. The number of hydrogen-bond donors (Lipinski definition) is 1. The van der Waals surface area contributed by atoms with E-state index in [-0.39, 0.29) is 11.9 Å². The van der Waals surface area contributed by atoms with Gasteiger partial charge in [0.15, 0.2) is 5.16 Å². The Kier molecular flexibility index (Phi) is 3.93. The number of halogens is 1. The molecule has 0 aliphatic heterocycles. The minimum atomic E-state index is -0.236. The van der Waals surface area contributed by atoms with Crippen LogP contribution in [0.1, 0.15) is 24.1 Å². The van der Waals surface area contributed by atoms with Gasteiger partial charge in [0.1, 0.15) is 5.82 Å². The lowest BCUT2D eigenvalue weighted by molar-refractivity contribution is 0.610. The minimum Gasteiger partial charge on any atom is -0.324 e. The molecular formula is C13H14FN3S. The van der Waals surface area contributed by atoms with Crippen LogP contribution in [0.25, 0.3) is 0 Å². The molecule has 1 atom stereocenters. The summed E-state index contributed by atoms with van der Waals surface area (Å²) in [5, 5.41) is 0.630. The number of rotatable bonds is 3. The lowest BCUT2D eigenvalue weighted by Gasteiger charge is -2.13. The molecule has 1 aromatic carbocycles. The van der Waals surface area contributed by atoms with Crippen molar-refractivity contribution in [2.24, 2.45) is 5.73 Å². The molecule has 18 heavy (non-hydrogen) atoms. The minimum absolute atomic E-state index is 0.230. The van der Waals surface area contributed by atoms with Gasteiger partial charge >= 0.3 is 0 Å². The van der Waals surface area contributed by atoms with Crippen molar-refractivity contribution < 1.29 is 4.39 Å². The Bertz CT molecular complexity index is 543. The molecule has 2 aromatic rings. The molecule has 5 heteroatoms. The van der Waals surface area contributed by atoms with Crippen LogP contribution < -0.4 is 5.73 Å². The lowest BCUT2D eigenvalue weighted by Crippen LogP contribution is -2.07. The average Bonchev–Trinajstić information content (AvgIpc) is 2.34. The van der Waals surface area contributed by atoms with Crippen molar-refractivity contribution in [3.63, 3.8) is 0 Å². The van der Waals surface area contributed by atoms with Crippen LogP contribution in [-0.2, 0) is 0 Å². The predicted molar refractivity (Wildman–Crippen MR) is 69.9 cm³/mol. The highest BCUT2D eigenvalue weighted by molar-refractivity contribution is 7.99. The summed E-state index contributed by atoms with van der Waals surface area (Å²) in [6.45, 7) is 3.57. The Labute approximate surface area is 110 Å². The standard InChI is InChI=1S/C13H14FN3S/c1-8-6-12(10(9(2)15)7-11(8)14)18-13-16-4-3-5-17-13/h3-7,9H,15H2,1-2H3. The van der Waals surface area contributed by atoms with E-state index >= 15 is 0 Å². The monoisotopic (exact) mass is 263 g/mol. The molecule has 0 saturated carbocycles. The van der Waals surface area contributed by atoms with Crippen molar-refractivity contribution in [3.8, 4) is 0 Å². The van der Waals surface area contributed by atoms with Crippen LogP contribution in [0.5, 0.6) is 0 Å². The lowest BCUT2D eigenvalue weighted by atomic mass is 10.1. The van der Waals surface area contributed by atoms with Gasteiger partial charge in [-0.1, -0.05) is 0 Å². The van der Waals surface area contributed by atoms with Crippen LogP contribution in [0.2, 0.25) is 0 Å². The Hall–Kier alpha value is -1.46. The van der Waals surface area contributed by atoms with Gasteiger partial charge in [0.2, 0.25) is 0 Å². The number of nitrogens with two attached hydrogens (primary N) is 1. The van der Waals surface area contributed by atoms with Crippen LogP contribution >= 0.6 is 11.8 Å². The van der Waals surface area contributed by atoms with Crippen molar-refractivity contribution >= 4 is 11.8 Å². The van der Waals surface area contributed by atoms with E-state index in [1.807, 2.05) is 6.92 Å². The van der Waals surface area contributed by atoms with Crippen LogP contribution in [0.3, 0.4) is 0 Å². The molecule has 0 aliphatic carbocycles. The third kappa shape index (κ3) is 2.86. The second kappa shape index (κ2) is 5.46. The van der Waals surface area contributed by atoms with Gasteiger partial charge in [-0.15, -0.1) is 0 Å². The topological polar surface area (TPSA) is 51.8 Å². The predicted octanol–water partition coefficient (Wildman–Crippen LogP) is 3.10. The first-order valence-corrected chi connectivity index (χ1v) is 6.40. The molecule has 2 N–H and O–H groups in total. The van der Waals surface area contributed by atoms with E-state index in [0.717, 1.165) is 10.5 Å². The van der Waals surface area contributed by atoms with E-state index in [4.69, 9.17) is 5.73 Å². The molecule has 0 fully saturated rings. The zero-order valence-electron chi connectivity index (χ0n) is 10.2. The summed E-state index contributed by atoms with van der Waals surface area (Å²) >= 11 is 1.40. The third-order valence-corrected chi connectivity index (χ3v) is 3.49. The maximum absolute atomic E-state index is 13.6. The molecule has 2 rings (SSSR count). The van der Waals surface area contributed by atoms with Gasteiger partial charge in [-0.25, -0.2) is 14.4 Å². The summed E-state index contributed by atoms with van der Waals surface area (Å²) in [4.78, 5) is 9.19. The molecule has 1 heterocycles. The summed E-state index contributed by atoms with van der Waals surface area (Å²) in [7, 11) is 0. The van der Waals surface area contributed by atoms with Crippen molar-refractivity contribution in [3.05, 3.63) is 47.5 Å². The SMILES string of the molecule is Cc1cc(Sc2ncccn2)c(C(C)N)cc1F. The highest BCUT2D eigenvalue weighted by Gasteiger charge is 2.13. The van der Waals surface area contributed by atoms with Gasteiger partial charge in [-0.05, 0) is 54.9 Å². The van der Waals surface area contributed by atoms with Crippen LogP contribution in [0.15, 0.2) is 40.6 Å². The zero-order valence-corrected chi connectivity index (χ0v) is 11.0. The van der Waals surface area contributed by atoms with Crippen molar-refractivity contribution in [2.75, 3.05) is 0 Å². The molecule has 1 aromatic heterocycles. The molecule has 0 saturated heterocycles. The average molecular weight is 263 g/mol. The Morgan fingerprint density at radius 1 is 1.28 bits per heavy atom. The normalized spacial score (nSPS) is 12.4. The Morgan fingerprint density at radius 3 is 2.56 bits per heavy atom. The molecule has 1 unspecified atom stereocenters. The van der Waals surface area contributed by atoms with E-state index in [1.54, 1.807) is 31.5 Å². The van der Waals surface area contributed by atoms with E-state index in [0.29, 0.717) is 10.7 Å². The second-order valence-electron chi connectivity index (χ2n) is 4.06. The van der Waals surface area contributed by atoms with Gasteiger partial charge in [-0.3, -0.25) is 0 Å². The van der Waals surface area contributed by atoms with Crippen molar-refractivity contribution in [2.45, 2.75) is 29.9 Å². The summed E-state index contributed by atoms with van der Waals surface area (Å²) < 4.78 is 13.6. The van der Waals surface area contributed by atoms with Crippen LogP contribution in [-0.4, -0.2) is 9.97 Å². The zero-order chi connectivity index (χ0) is 13.1. The number of benzene rings is 1. The third-order valence-electron chi connectivity index (χ3n) is 2.52. The highest BCUT2D eigenvalue weighted by atomic mass is 32.2. The molecule has 0 radical (unpaired) electrons. The smallest absolute Gasteiger partial charge is 0.192 e. The fraction of sp³-hybridized carbons (Fsp3) is 0.231. The number of nitrogens with zero attached hydrogens (tertiary/aromatic N) is 2. The van der Waals surface area contributed by atoms with Gasteiger partial charge in [0, 0.05) is 23.3 Å². The first-order valence-electron chi connectivity index (χ1n) is 5.58. The summed E-state index contributed by atoms with van der Waals surface area (Å²) in [6, 6.07) is 4.80. The largest absolute Gasteiger partial charge is 0.324 e. The molecule has 0 amide bonds. The van der Waals surface area contributed by atoms with Gasteiger partial charge in [0.25, 0.3) is 0 Å². The Morgan fingerprint density at radius 2 is 1.94 bits per heavy atom. The number of aromatic nitrogens is 2. The summed E-state index contributed by atoms with van der Waals surface area (Å²) in [5.41, 5.74) is 7.24. The van der Waals surface area contributed by atoms with E-state index < -0.39 is 0 Å². The Balaban J connectivity index is 2.40. The second-order valence-corrected chi connectivity index (χ2v) is 5.07. The molecule has 0 spiro atoms. The fourth-order valence-electron chi connectivity index (χ4n) is 1.55. The molecule has 0 bridgehead atoms. The van der Waals surface area contributed by atoms with E-state index in [1.165, 1.54) is 17.8 Å². The maximum atomic E-state index is 13.6. The molecular weight excluding hydrogens is 249 g/mol. The number of aryl methyl sites for hydroxylation is 1.